The van der Waals surface area contributed by atoms with Gasteiger partial charge in [-0.3, -0.25) is 0 Å². The highest BCUT2D eigenvalue weighted by Crippen LogP contribution is 2.44. The molecule has 8 aromatic carbocycles. The summed E-state index contributed by atoms with van der Waals surface area (Å²) in [5.41, 5.74) is 6.59. The zero-order valence-corrected chi connectivity index (χ0v) is 28.6. The molecule has 0 unspecified atom stereocenters. The van der Waals surface area contributed by atoms with Crippen LogP contribution in [0.4, 0.5) is 0 Å². The molecule has 0 bridgehead atoms. The molecular weight excluding hydrogens is 655 g/mol. The van der Waals surface area contributed by atoms with Crippen LogP contribution < -0.4 is 0 Å². The van der Waals surface area contributed by atoms with Gasteiger partial charge in [-0.2, -0.15) is 0 Å². The number of hydrogen-bond donors (Lipinski definition) is 0. The molecule has 3 aromatic heterocycles. The highest BCUT2D eigenvalue weighted by atomic mass is 32.1. The van der Waals surface area contributed by atoms with E-state index in [9.17, 15) is 0 Å². The summed E-state index contributed by atoms with van der Waals surface area (Å²) in [4.78, 5) is 15.6. The molecular formula is C47H27N3OS. The van der Waals surface area contributed by atoms with Gasteiger partial charge < -0.3 is 4.42 Å². The topological polar surface area (TPSA) is 51.8 Å². The first-order valence-electron chi connectivity index (χ1n) is 17.4. The minimum Gasteiger partial charge on any atom is -0.455 e. The molecule has 11 aromatic rings. The van der Waals surface area contributed by atoms with Crippen molar-refractivity contribution in [2.75, 3.05) is 0 Å². The molecule has 0 spiro atoms. The van der Waals surface area contributed by atoms with Crippen LogP contribution in [0.25, 0.3) is 109 Å². The first-order chi connectivity index (χ1) is 25.8. The maximum absolute atomic E-state index is 6.74. The molecule has 0 aliphatic heterocycles. The van der Waals surface area contributed by atoms with Gasteiger partial charge in [0.2, 0.25) is 0 Å². The average Bonchev–Trinajstić information content (AvgIpc) is 3.79. The third-order valence-corrected chi connectivity index (χ3v) is 11.3. The van der Waals surface area contributed by atoms with Crippen molar-refractivity contribution in [1.29, 1.82) is 0 Å². The number of thiophene rings is 1. The molecule has 0 fully saturated rings. The molecule has 0 aliphatic carbocycles. The lowest BCUT2D eigenvalue weighted by Crippen LogP contribution is -2.01. The molecule has 3 heterocycles. The van der Waals surface area contributed by atoms with Crippen LogP contribution in [0.1, 0.15) is 0 Å². The van der Waals surface area contributed by atoms with E-state index in [0.717, 1.165) is 60.5 Å². The van der Waals surface area contributed by atoms with Gasteiger partial charge in [-0.15, -0.1) is 11.3 Å². The van der Waals surface area contributed by atoms with Crippen LogP contribution in [-0.2, 0) is 0 Å². The number of hydrogen-bond acceptors (Lipinski definition) is 5. The summed E-state index contributed by atoms with van der Waals surface area (Å²) in [6.07, 6.45) is 0. The Kier molecular flexibility index (Phi) is 6.39. The fraction of sp³-hybridized carbons (Fsp3) is 0. The molecule has 0 aliphatic rings. The number of furan rings is 1. The van der Waals surface area contributed by atoms with Crippen molar-refractivity contribution in [1.82, 2.24) is 15.0 Å². The lowest BCUT2D eigenvalue weighted by atomic mass is 9.96. The van der Waals surface area contributed by atoms with E-state index in [1.165, 1.54) is 30.9 Å². The number of para-hydroxylation sites is 1. The Morgan fingerprint density at radius 1 is 0.385 bits per heavy atom. The average molecular weight is 682 g/mol. The molecule has 242 valence electrons. The molecule has 0 saturated carbocycles. The first kappa shape index (κ1) is 29.1. The summed E-state index contributed by atoms with van der Waals surface area (Å²) in [5.74, 6) is 1.85. The number of nitrogens with zero attached hydrogens (tertiary/aromatic N) is 3. The summed E-state index contributed by atoms with van der Waals surface area (Å²) < 4.78 is 9.28. The van der Waals surface area contributed by atoms with Crippen LogP contribution in [0.2, 0.25) is 0 Å². The van der Waals surface area contributed by atoms with Crippen LogP contribution in [-0.4, -0.2) is 15.0 Å². The second kappa shape index (κ2) is 11.4. The summed E-state index contributed by atoms with van der Waals surface area (Å²) in [7, 11) is 0. The van der Waals surface area contributed by atoms with Crippen molar-refractivity contribution in [3.8, 4) is 45.3 Å². The Morgan fingerprint density at radius 3 is 1.88 bits per heavy atom. The zero-order chi connectivity index (χ0) is 34.2. The monoisotopic (exact) mass is 681 g/mol. The van der Waals surface area contributed by atoms with Gasteiger partial charge >= 0.3 is 0 Å². The molecule has 0 atom stereocenters. The SMILES string of the molecule is c1ccc(-c2nc(-c3cc4ccccc4c4ccccc34)nc(-c3ccc(-c4ccc5c(c4)sc4ccccc45)c4oc5ccccc5c34)n2)cc1. The van der Waals surface area contributed by atoms with E-state index >= 15 is 0 Å². The van der Waals surface area contributed by atoms with E-state index in [4.69, 9.17) is 19.4 Å². The Labute approximate surface area is 302 Å². The Hall–Kier alpha value is -6.69. The third kappa shape index (κ3) is 4.50. The predicted molar refractivity (Wildman–Crippen MR) is 217 cm³/mol. The minimum atomic E-state index is 0.601. The van der Waals surface area contributed by atoms with Crippen LogP contribution in [0.3, 0.4) is 0 Å². The van der Waals surface area contributed by atoms with Gasteiger partial charge in [-0.25, -0.2) is 15.0 Å². The quantitative estimate of drug-likeness (QED) is 0.174. The first-order valence-corrected chi connectivity index (χ1v) is 18.2. The number of aromatic nitrogens is 3. The lowest BCUT2D eigenvalue weighted by molar-refractivity contribution is 0.670. The van der Waals surface area contributed by atoms with Gasteiger partial charge in [0.05, 0.1) is 0 Å². The second-order valence-corrected chi connectivity index (χ2v) is 14.2. The fourth-order valence-electron chi connectivity index (χ4n) is 7.71. The maximum atomic E-state index is 6.74. The van der Waals surface area contributed by atoms with E-state index in [-0.39, 0.29) is 0 Å². The molecule has 11 rings (SSSR count). The Bertz CT molecular complexity index is 3200. The number of rotatable bonds is 4. The summed E-state index contributed by atoms with van der Waals surface area (Å²) in [6, 6.07) is 57.3. The summed E-state index contributed by atoms with van der Waals surface area (Å²) in [5, 5.41) is 9.19. The predicted octanol–water partition coefficient (Wildman–Crippen LogP) is 13.1. The highest BCUT2D eigenvalue weighted by molar-refractivity contribution is 7.25. The van der Waals surface area contributed by atoms with E-state index in [1.54, 1.807) is 0 Å². The van der Waals surface area contributed by atoms with Crippen LogP contribution >= 0.6 is 11.3 Å². The smallest absolute Gasteiger partial charge is 0.164 e. The molecule has 0 radical (unpaired) electrons. The van der Waals surface area contributed by atoms with Crippen LogP contribution in [0, 0.1) is 0 Å². The van der Waals surface area contributed by atoms with Gasteiger partial charge in [0.25, 0.3) is 0 Å². The molecule has 0 amide bonds. The van der Waals surface area contributed by atoms with Crippen LogP contribution in [0.5, 0.6) is 0 Å². The molecule has 4 nitrogen and oxygen atoms in total. The van der Waals surface area contributed by atoms with Gasteiger partial charge in [0, 0.05) is 53.2 Å². The summed E-state index contributed by atoms with van der Waals surface area (Å²) >= 11 is 1.82. The normalized spacial score (nSPS) is 11.8. The van der Waals surface area contributed by atoms with Crippen molar-refractivity contribution in [3.63, 3.8) is 0 Å². The number of benzene rings is 8. The van der Waals surface area contributed by atoms with Gasteiger partial charge in [0.15, 0.2) is 17.5 Å². The Morgan fingerprint density at radius 2 is 1.02 bits per heavy atom. The van der Waals surface area contributed by atoms with E-state index in [1.807, 2.05) is 41.7 Å². The molecule has 52 heavy (non-hydrogen) atoms. The van der Waals surface area contributed by atoms with Crippen molar-refractivity contribution < 1.29 is 4.42 Å². The number of fused-ring (bicyclic) bond motifs is 9. The fourth-order valence-corrected chi connectivity index (χ4v) is 8.85. The standard InChI is InChI=1S/C47H27N3OS/c1-2-12-28(13-3-1)45-48-46(50-47(49-45)39-26-29-14-4-5-15-31(29)33-16-6-7-17-34(33)39)38-25-24-32(44-43(38)37-19-8-10-20-40(37)51-44)30-22-23-36-35-18-9-11-21-41(35)52-42(36)27-30/h1-27H. The Balaban J connectivity index is 1.18. The van der Waals surface area contributed by atoms with E-state index in [2.05, 4.69) is 133 Å². The van der Waals surface area contributed by atoms with Crippen molar-refractivity contribution in [2.24, 2.45) is 0 Å². The van der Waals surface area contributed by atoms with Gasteiger partial charge in [-0.1, -0.05) is 127 Å². The second-order valence-electron chi connectivity index (χ2n) is 13.1. The van der Waals surface area contributed by atoms with Gasteiger partial charge in [0.1, 0.15) is 11.2 Å². The van der Waals surface area contributed by atoms with Crippen molar-refractivity contribution in [3.05, 3.63) is 164 Å². The third-order valence-electron chi connectivity index (χ3n) is 10.1. The zero-order valence-electron chi connectivity index (χ0n) is 27.7. The maximum Gasteiger partial charge on any atom is 0.164 e. The van der Waals surface area contributed by atoms with E-state index < -0.39 is 0 Å². The molecule has 5 heteroatoms. The van der Waals surface area contributed by atoms with E-state index in [0.29, 0.717) is 17.5 Å². The highest BCUT2D eigenvalue weighted by Gasteiger charge is 2.22. The molecule has 0 saturated heterocycles. The largest absolute Gasteiger partial charge is 0.455 e. The van der Waals surface area contributed by atoms with Crippen molar-refractivity contribution in [2.45, 2.75) is 0 Å². The van der Waals surface area contributed by atoms with Crippen LogP contribution in [0.15, 0.2) is 168 Å². The summed E-state index contributed by atoms with van der Waals surface area (Å²) in [6.45, 7) is 0. The lowest BCUT2D eigenvalue weighted by Gasteiger charge is -2.13. The minimum absolute atomic E-state index is 0.601. The molecule has 0 N–H and O–H groups in total. The van der Waals surface area contributed by atoms with Gasteiger partial charge in [-0.05, 0) is 63.5 Å². The van der Waals surface area contributed by atoms with Crippen molar-refractivity contribution >= 4 is 75.0 Å².